The van der Waals surface area contributed by atoms with Gasteiger partial charge in [0.05, 0.1) is 7.11 Å². The standard InChI is InChI=1S/C22H20O18S2/c1-35-9-4-2-8(3-5-9)13-7-11(24)14-10(23)6-12(25)16(17(14)36-13)37-22-19(40-42(32,33)34)15(26)18(39-41(29,30)31)20(38-22)21(27)28/h2-7,15,18-20,22-23,25-26H,1H3,(H,27,28)(H,29,30,31)(H,32,33,34)/t15-,18-,19?,20?,22+/m0/s1. The Bertz CT molecular complexity index is 1780. The van der Waals surface area contributed by atoms with Gasteiger partial charge in [0.1, 0.15) is 34.9 Å². The number of carboxylic acid groups (broad SMARTS) is 1. The molecule has 0 radical (unpaired) electrons. The third-order valence-electron chi connectivity index (χ3n) is 5.75. The monoisotopic (exact) mass is 636 g/mol. The molecule has 0 bridgehead atoms. The maximum absolute atomic E-state index is 12.9. The van der Waals surface area contributed by atoms with Crippen molar-refractivity contribution in [2.45, 2.75) is 30.7 Å². The topological polar surface area (TPSA) is 283 Å². The molecule has 2 heterocycles. The van der Waals surface area contributed by atoms with Gasteiger partial charge in [-0.1, -0.05) is 0 Å². The first-order chi connectivity index (χ1) is 19.5. The molecule has 3 aromatic rings. The number of ether oxygens (including phenoxy) is 3. The van der Waals surface area contributed by atoms with Gasteiger partial charge in [-0.25, -0.2) is 13.2 Å². The van der Waals surface area contributed by atoms with Crippen molar-refractivity contribution in [3.8, 4) is 34.3 Å². The summed E-state index contributed by atoms with van der Waals surface area (Å²) in [6, 6.07) is 7.59. The molecule has 42 heavy (non-hydrogen) atoms. The quantitative estimate of drug-likeness (QED) is 0.166. The van der Waals surface area contributed by atoms with Crippen molar-refractivity contribution in [3.05, 3.63) is 46.6 Å². The van der Waals surface area contributed by atoms with Crippen LogP contribution in [0.25, 0.3) is 22.3 Å². The first kappa shape index (κ1) is 30.9. The molecule has 5 atom stereocenters. The van der Waals surface area contributed by atoms with Gasteiger partial charge >= 0.3 is 26.8 Å². The number of aliphatic carboxylic acids is 1. The Morgan fingerprint density at radius 1 is 0.929 bits per heavy atom. The highest BCUT2D eigenvalue weighted by molar-refractivity contribution is 7.81. The molecule has 6 N–H and O–H groups in total. The van der Waals surface area contributed by atoms with Crippen LogP contribution in [0.4, 0.5) is 0 Å². The summed E-state index contributed by atoms with van der Waals surface area (Å²) < 4.78 is 93.4. The fourth-order valence-corrected chi connectivity index (χ4v) is 5.00. The van der Waals surface area contributed by atoms with Crippen LogP contribution in [0.1, 0.15) is 0 Å². The Morgan fingerprint density at radius 3 is 2.07 bits per heavy atom. The number of phenolic OH excluding ortho intramolecular Hbond substituents is 2. The Hall–Kier alpha value is -4.02. The van der Waals surface area contributed by atoms with E-state index in [1.165, 1.54) is 31.4 Å². The number of methoxy groups -OCH3 is 1. The summed E-state index contributed by atoms with van der Waals surface area (Å²) in [4.78, 5) is 24.7. The summed E-state index contributed by atoms with van der Waals surface area (Å²) in [6.45, 7) is 0. The van der Waals surface area contributed by atoms with E-state index in [-0.39, 0.29) is 11.3 Å². The number of aliphatic hydroxyl groups excluding tert-OH is 1. The van der Waals surface area contributed by atoms with E-state index in [2.05, 4.69) is 8.37 Å². The number of fused-ring (bicyclic) bond motifs is 1. The lowest BCUT2D eigenvalue weighted by molar-refractivity contribution is -0.261. The highest BCUT2D eigenvalue weighted by Gasteiger charge is 2.54. The maximum atomic E-state index is 12.9. The number of hydrogen-bond acceptors (Lipinski definition) is 15. The predicted molar refractivity (Wildman–Crippen MR) is 134 cm³/mol. The molecule has 0 aliphatic carbocycles. The number of phenols is 2. The van der Waals surface area contributed by atoms with Crippen LogP contribution in [-0.2, 0) is 38.7 Å². The van der Waals surface area contributed by atoms with E-state index in [1.807, 2.05) is 0 Å². The fourth-order valence-electron chi connectivity index (χ4n) is 4.02. The van der Waals surface area contributed by atoms with Crippen LogP contribution in [0, 0.1) is 0 Å². The van der Waals surface area contributed by atoms with Gasteiger partial charge in [0.15, 0.2) is 29.0 Å². The number of hydrogen-bond donors (Lipinski definition) is 6. The average molecular weight is 637 g/mol. The highest BCUT2D eigenvalue weighted by atomic mass is 32.3. The minimum Gasteiger partial charge on any atom is -0.507 e. The van der Waals surface area contributed by atoms with E-state index in [0.717, 1.165) is 6.07 Å². The lowest BCUT2D eigenvalue weighted by Crippen LogP contribution is -2.63. The van der Waals surface area contributed by atoms with Gasteiger partial charge in [0, 0.05) is 17.7 Å². The minimum absolute atomic E-state index is 0.148. The predicted octanol–water partition coefficient (Wildman–Crippen LogP) is -0.195. The molecule has 0 amide bonds. The third kappa shape index (κ3) is 6.55. The molecular weight excluding hydrogens is 616 g/mol. The summed E-state index contributed by atoms with van der Waals surface area (Å²) in [7, 11) is -9.59. The molecule has 1 aromatic heterocycles. The number of aromatic hydroxyl groups is 2. The van der Waals surface area contributed by atoms with Gasteiger partial charge < -0.3 is 39.1 Å². The van der Waals surface area contributed by atoms with Crippen LogP contribution in [0.2, 0.25) is 0 Å². The van der Waals surface area contributed by atoms with Crippen molar-refractivity contribution in [2.75, 3.05) is 7.11 Å². The van der Waals surface area contributed by atoms with Crippen LogP contribution in [-0.4, -0.2) is 90.2 Å². The Kier molecular flexibility index (Phi) is 8.35. The van der Waals surface area contributed by atoms with E-state index in [9.17, 15) is 51.4 Å². The molecule has 2 unspecified atom stereocenters. The highest BCUT2D eigenvalue weighted by Crippen LogP contribution is 2.42. The van der Waals surface area contributed by atoms with Crippen molar-refractivity contribution in [1.82, 2.24) is 0 Å². The Balaban J connectivity index is 1.87. The number of rotatable bonds is 9. The van der Waals surface area contributed by atoms with Crippen LogP contribution >= 0.6 is 0 Å². The molecule has 4 rings (SSSR count). The maximum Gasteiger partial charge on any atom is 0.397 e. The number of benzene rings is 2. The van der Waals surface area contributed by atoms with E-state index in [1.54, 1.807) is 0 Å². The lowest BCUT2D eigenvalue weighted by atomic mass is 9.99. The summed E-state index contributed by atoms with van der Waals surface area (Å²) in [5.74, 6) is -4.38. The zero-order valence-electron chi connectivity index (χ0n) is 20.7. The summed E-state index contributed by atoms with van der Waals surface area (Å²) >= 11 is 0. The fraction of sp³-hybridized carbons (Fsp3) is 0.273. The largest absolute Gasteiger partial charge is 0.507 e. The van der Waals surface area contributed by atoms with Crippen LogP contribution in [0.5, 0.6) is 23.0 Å². The Morgan fingerprint density at radius 2 is 1.52 bits per heavy atom. The first-order valence-corrected chi connectivity index (χ1v) is 13.9. The van der Waals surface area contributed by atoms with E-state index >= 15 is 0 Å². The molecule has 1 fully saturated rings. The smallest absolute Gasteiger partial charge is 0.397 e. The number of carboxylic acids is 1. The van der Waals surface area contributed by atoms with Crippen LogP contribution < -0.4 is 14.9 Å². The molecular formula is C22H20O18S2. The van der Waals surface area contributed by atoms with Gasteiger partial charge in [-0.2, -0.15) is 16.8 Å². The van der Waals surface area contributed by atoms with Crippen molar-refractivity contribution in [2.24, 2.45) is 0 Å². The molecule has 20 heteroatoms. The van der Waals surface area contributed by atoms with Crippen molar-refractivity contribution < 1.29 is 78.2 Å². The van der Waals surface area contributed by atoms with E-state index in [4.69, 9.17) is 23.2 Å². The zero-order valence-corrected chi connectivity index (χ0v) is 22.4. The Labute approximate surface area is 234 Å². The summed E-state index contributed by atoms with van der Waals surface area (Å²) in [5, 5.41) is 40.4. The molecule has 0 saturated carbocycles. The lowest BCUT2D eigenvalue weighted by Gasteiger charge is -2.40. The molecule has 0 spiro atoms. The van der Waals surface area contributed by atoms with Gasteiger partial charge in [-0.15, -0.1) is 0 Å². The van der Waals surface area contributed by atoms with Gasteiger partial charge in [-0.05, 0) is 24.3 Å². The summed E-state index contributed by atoms with van der Waals surface area (Å²) in [5.41, 5.74) is -1.26. The van der Waals surface area contributed by atoms with Crippen LogP contribution in [0.3, 0.4) is 0 Å². The minimum atomic E-state index is -5.52. The van der Waals surface area contributed by atoms with Crippen molar-refractivity contribution in [1.29, 1.82) is 0 Å². The van der Waals surface area contributed by atoms with Crippen LogP contribution in [0.15, 0.2) is 45.6 Å². The third-order valence-corrected chi connectivity index (χ3v) is 6.68. The molecule has 1 aliphatic rings. The number of carbonyl (C=O) groups is 1. The normalized spacial score (nSPS) is 23.0. The SMILES string of the molecule is COc1ccc(-c2cc(=O)c3c(O)cc(O)c(O[C@@H]4OC(C(=O)O)[C@@H](OS(=O)(=O)O)[C@H](O)C4OS(=O)(=O)O)c3o2)cc1. The second-order valence-corrected chi connectivity index (χ2v) is 10.6. The van der Waals surface area contributed by atoms with E-state index in [0.29, 0.717) is 11.8 Å². The molecule has 2 aromatic carbocycles. The van der Waals surface area contributed by atoms with E-state index < -0.39 is 91.1 Å². The molecule has 18 nitrogen and oxygen atoms in total. The first-order valence-electron chi connectivity index (χ1n) is 11.2. The van der Waals surface area contributed by atoms with Gasteiger partial charge in [0.2, 0.25) is 12.0 Å². The van der Waals surface area contributed by atoms with Crippen molar-refractivity contribution >= 4 is 37.7 Å². The second kappa shape index (κ2) is 11.3. The van der Waals surface area contributed by atoms with Gasteiger partial charge in [0.25, 0.3) is 0 Å². The molecule has 228 valence electrons. The molecule has 1 aliphatic heterocycles. The average Bonchev–Trinajstić information content (AvgIpc) is 2.87. The second-order valence-electron chi connectivity index (χ2n) is 8.50. The van der Waals surface area contributed by atoms with Gasteiger partial charge in [-0.3, -0.25) is 13.9 Å². The zero-order chi connectivity index (χ0) is 31.1. The summed E-state index contributed by atoms with van der Waals surface area (Å²) in [6.07, 6.45) is -12.7. The number of aliphatic hydroxyl groups is 1. The molecule has 1 saturated heterocycles. The van der Waals surface area contributed by atoms with Crippen molar-refractivity contribution in [3.63, 3.8) is 0 Å².